The lowest BCUT2D eigenvalue weighted by Crippen LogP contribution is -2.22. The number of aromatic nitrogens is 1. The van der Waals surface area contributed by atoms with Crippen molar-refractivity contribution in [3.05, 3.63) is 89.1 Å². The molecule has 0 radical (unpaired) electrons. The maximum atomic E-state index is 12.9. The molecule has 1 amide bonds. The summed E-state index contributed by atoms with van der Waals surface area (Å²) in [7, 11) is 1.60. The van der Waals surface area contributed by atoms with Gasteiger partial charge in [-0.15, -0.1) is 0 Å². The number of ether oxygens (including phenoxy) is 1. The first-order chi connectivity index (χ1) is 16.5. The van der Waals surface area contributed by atoms with Gasteiger partial charge in [-0.2, -0.15) is 0 Å². The largest absolute Gasteiger partial charge is 0.495 e. The van der Waals surface area contributed by atoms with Gasteiger partial charge in [0.05, 0.1) is 18.3 Å². The minimum atomic E-state index is -0.210. The maximum Gasteiger partial charge on any atom is 0.255 e. The number of carbonyl (C=O) groups excluding carboxylic acids is 1. The van der Waals surface area contributed by atoms with Crippen LogP contribution in [0, 0.1) is 0 Å². The highest BCUT2D eigenvalue weighted by molar-refractivity contribution is 6.30. The Labute approximate surface area is 205 Å². The predicted octanol–water partition coefficient (Wildman–Crippen LogP) is 6.66. The van der Waals surface area contributed by atoms with Gasteiger partial charge >= 0.3 is 0 Å². The molecule has 0 aliphatic rings. The Balaban J connectivity index is 1.54. The lowest BCUT2D eigenvalue weighted by molar-refractivity contribution is 0.102. The van der Waals surface area contributed by atoms with Gasteiger partial charge in [0, 0.05) is 28.7 Å². The summed E-state index contributed by atoms with van der Waals surface area (Å²) in [5, 5.41) is 4.64. The average Bonchev–Trinajstić information content (AvgIpc) is 2.87. The summed E-state index contributed by atoms with van der Waals surface area (Å²) in [4.78, 5) is 19.9. The van der Waals surface area contributed by atoms with Crippen molar-refractivity contribution < 1.29 is 9.53 Å². The average molecular weight is 474 g/mol. The molecule has 34 heavy (non-hydrogen) atoms. The van der Waals surface area contributed by atoms with Crippen LogP contribution in [0.1, 0.15) is 29.8 Å². The Morgan fingerprint density at radius 1 is 0.971 bits per heavy atom. The Morgan fingerprint density at radius 2 is 1.62 bits per heavy atom. The minimum absolute atomic E-state index is 0.210. The number of rotatable bonds is 8. The van der Waals surface area contributed by atoms with Crippen molar-refractivity contribution in [2.45, 2.75) is 20.4 Å². The third kappa shape index (κ3) is 5.38. The predicted molar refractivity (Wildman–Crippen MR) is 140 cm³/mol. The summed E-state index contributed by atoms with van der Waals surface area (Å²) in [5.74, 6) is 0.388. The molecule has 5 nitrogen and oxygen atoms in total. The monoisotopic (exact) mass is 473 g/mol. The van der Waals surface area contributed by atoms with Crippen LogP contribution < -0.4 is 10.1 Å². The number of methoxy groups -OCH3 is 1. The van der Waals surface area contributed by atoms with E-state index >= 15 is 0 Å². The Bertz CT molecular complexity index is 1280. The number of amides is 1. The van der Waals surface area contributed by atoms with Crippen LogP contribution in [0.4, 0.5) is 5.69 Å². The summed E-state index contributed by atoms with van der Waals surface area (Å²) in [5.41, 5.74) is 5.15. The SMILES string of the molecule is CCN(CC)Cc1cnc2cc(NC(=O)c3ccc(-c4ccc(Cl)cc4)cc3)c(OC)cc2c1. The van der Waals surface area contributed by atoms with E-state index in [9.17, 15) is 4.79 Å². The first-order valence-electron chi connectivity index (χ1n) is 11.4. The van der Waals surface area contributed by atoms with E-state index in [4.69, 9.17) is 16.3 Å². The van der Waals surface area contributed by atoms with Crippen molar-refractivity contribution in [1.29, 1.82) is 0 Å². The number of pyridine rings is 1. The second-order valence-electron chi connectivity index (χ2n) is 8.09. The van der Waals surface area contributed by atoms with Gasteiger partial charge in [-0.25, -0.2) is 0 Å². The first kappa shape index (κ1) is 23.7. The van der Waals surface area contributed by atoms with Gasteiger partial charge < -0.3 is 10.1 Å². The van der Waals surface area contributed by atoms with Crippen LogP contribution in [0.15, 0.2) is 72.9 Å². The highest BCUT2D eigenvalue weighted by Gasteiger charge is 2.13. The Kier molecular flexibility index (Phi) is 7.46. The van der Waals surface area contributed by atoms with Gasteiger partial charge in [0.15, 0.2) is 0 Å². The molecule has 4 rings (SSSR count). The van der Waals surface area contributed by atoms with E-state index in [0.717, 1.165) is 47.2 Å². The fraction of sp³-hybridized carbons (Fsp3) is 0.214. The van der Waals surface area contributed by atoms with Crippen LogP contribution in [0.3, 0.4) is 0 Å². The van der Waals surface area contributed by atoms with Crippen molar-refractivity contribution in [1.82, 2.24) is 9.88 Å². The zero-order chi connectivity index (χ0) is 24.1. The van der Waals surface area contributed by atoms with Gasteiger partial charge in [-0.3, -0.25) is 14.7 Å². The molecule has 0 saturated carbocycles. The van der Waals surface area contributed by atoms with Gasteiger partial charge in [-0.1, -0.05) is 49.7 Å². The second-order valence-corrected chi connectivity index (χ2v) is 8.52. The molecular formula is C28H28ClN3O2. The molecule has 0 aliphatic carbocycles. The Hall–Kier alpha value is -3.41. The second kappa shape index (κ2) is 10.7. The van der Waals surface area contributed by atoms with Crippen LogP contribution in [-0.4, -0.2) is 36.0 Å². The van der Waals surface area contributed by atoms with Crippen LogP contribution in [0.25, 0.3) is 22.0 Å². The number of fused-ring (bicyclic) bond motifs is 1. The first-order valence-corrected chi connectivity index (χ1v) is 11.7. The number of anilines is 1. The van der Waals surface area contributed by atoms with Gasteiger partial charge in [0.25, 0.3) is 5.91 Å². The molecule has 174 valence electrons. The summed E-state index contributed by atoms with van der Waals surface area (Å²) in [6, 6.07) is 21.0. The topological polar surface area (TPSA) is 54.5 Å². The van der Waals surface area contributed by atoms with Crippen molar-refractivity contribution in [2.24, 2.45) is 0 Å². The highest BCUT2D eigenvalue weighted by atomic mass is 35.5. The van der Waals surface area contributed by atoms with E-state index in [1.54, 1.807) is 7.11 Å². The molecule has 0 spiro atoms. The molecule has 1 aromatic heterocycles. The molecule has 0 fully saturated rings. The van der Waals surface area contributed by atoms with Crippen molar-refractivity contribution in [2.75, 3.05) is 25.5 Å². The number of hydrogen-bond donors (Lipinski definition) is 1. The van der Waals surface area contributed by atoms with Crippen LogP contribution in [-0.2, 0) is 6.54 Å². The van der Waals surface area contributed by atoms with Gasteiger partial charge in [0.2, 0.25) is 0 Å². The zero-order valence-corrected chi connectivity index (χ0v) is 20.4. The van der Waals surface area contributed by atoms with E-state index < -0.39 is 0 Å². The third-order valence-corrected chi connectivity index (χ3v) is 6.18. The highest BCUT2D eigenvalue weighted by Crippen LogP contribution is 2.31. The molecule has 1 heterocycles. The molecule has 0 saturated heterocycles. The van der Waals surface area contributed by atoms with Crippen molar-refractivity contribution >= 4 is 34.1 Å². The van der Waals surface area contributed by atoms with E-state index in [0.29, 0.717) is 22.0 Å². The van der Waals surface area contributed by atoms with Crippen LogP contribution in [0.5, 0.6) is 5.75 Å². The standard InChI is InChI=1S/C28H28ClN3O2/c1-4-32(5-2)18-19-14-23-15-27(34-3)26(16-25(23)30-17-19)31-28(33)22-8-6-20(7-9-22)21-10-12-24(29)13-11-21/h6-17H,4-5,18H2,1-3H3,(H,31,33). The number of halogens is 1. The molecule has 0 aliphatic heterocycles. The molecule has 6 heteroatoms. The van der Waals surface area contributed by atoms with E-state index in [2.05, 4.69) is 35.1 Å². The number of hydrogen-bond acceptors (Lipinski definition) is 4. The molecular weight excluding hydrogens is 446 g/mol. The number of nitrogens with one attached hydrogen (secondary N) is 1. The van der Waals surface area contributed by atoms with E-state index in [1.807, 2.05) is 66.9 Å². The lowest BCUT2D eigenvalue weighted by atomic mass is 10.0. The van der Waals surface area contributed by atoms with E-state index in [1.165, 1.54) is 0 Å². The number of benzene rings is 3. The molecule has 0 atom stereocenters. The summed E-state index contributed by atoms with van der Waals surface area (Å²) in [6.07, 6.45) is 1.90. The van der Waals surface area contributed by atoms with Crippen LogP contribution in [0.2, 0.25) is 5.02 Å². The van der Waals surface area contributed by atoms with Crippen LogP contribution >= 0.6 is 11.6 Å². The zero-order valence-electron chi connectivity index (χ0n) is 19.6. The van der Waals surface area contributed by atoms with Gasteiger partial charge in [-0.05, 0) is 72.2 Å². The number of carbonyl (C=O) groups is 1. The molecule has 4 aromatic rings. The van der Waals surface area contributed by atoms with E-state index in [-0.39, 0.29) is 5.91 Å². The Morgan fingerprint density at radius 3 is 2.24 bits per heavy atom. The fourth-order valence-corrected chi connectivity index (χ4v) is 4.04. The number of nitrogens with zero attached hydrogens (tertiary/aromatic N) is 2. The minimum Gasteiger partial charge on any atom is -0.495 e. The van der Waals surface area contributed by atoms with Gasteiger partial charge in [0.1, 0.15) is 5.75 Å². The third-order valence-electron chi connectivity index (χ3n) is 5.93. The van der Waals surface area contributed by atoms with Crippen molar-refractivity contribution in [3.63, 3.8) is 0 Å². The lowest BCUT2D eigenvalue weighted by Gasteiger charge is -2.18. The summed E-state index contributed by atoms with van der Waals surface area (Å²) in [6.45, 7) is 7.14. The normalized spacial score (nSPS) is 11.1. The molecule has 1 N–H and O–H groups in total. The smallest absolute Gasteiger partial charge is 0.255 e. The molecule has 0 unspecified atom stereocenters. The maximum absolute atomic E-state index is 12.9. The quantitative estimate of drug-likeness (QED) is 0.311. The summed E-state index contributed by atoms with van der Waals surface area (Å²) >= 11 is 5.97. The molecule has 3 aromatic carbocycles. The summed E-state index contributed by atoms with van der Waals surface area (Å²) < 4.78 is 5.58. The fourth-order valence-electron chi connectivity index (χ4n) is 3.91. The van der Waals surface area contributed by atoms with Crippen molar-refractivity contribution in [3.8, 4) is 16.9 Å². The molecule has 0 bridgehead atoms.